The van der Waals surface area contributed by atoms with Gasteiger partial charge in [-0.05, 0) is 38.3 Å². The third-order valence-corrected chi connectivity index (χ3v) is 3.70. The number of hydrogen-bond donors (Lipinski definition) is 2. The van der Waals surface area contributed by atoms with E-state index in [4.69, 9.17) is 15.3 Å². The predicted molar refractivity (Wildman–Crippen MR) is 80.4 cm³/mol. The summed E-state index contributed by atoms with van der Waals surface area (Å²) in [5.41, 5.74) is 3.54. The first kappa shape index (κ1) is 16.9. The molecule has 1 heterocycles. The van der Waals surface area contributed by atoms with E-state index in [1.54, 1.807) is 6.20 Å². The van der Waals surface area contributed by atoms with Crippen LogP contribution < -0.4 is 16.0 Å². The fourth-order valence-electron chi connectivity index (χ4n) is 2.62. The number of nitrogens with one attached hydrogen (secondary N) is 1. The summed E-state index contributed by atoms with van der Waals surface area (Å²) in [5, 5.41) is 0. The maximum Gasteiger partial charge on any atom is 0.137 e. The SMILES string of the molecule is CCOc1cncc(C(NN)C(CC)(CC)OCC)c1. The number of nitrogens with zero attached hydrogens (tertiary/aromatic N) is 1. The molecule has 1 rings (SSSR count). The molecule has 3 N–H and O–H groups in total. The lowest BCUT2D eigenvalue weighted by atomic mass is 9.84. The molecular weight excluding hydrogens is 254 g/mol. The Hall–Kier alpha value is -1.17. The molecule has 0 aliphatic carbocycles. The van der Waals surface area contributed by atoms with Crippen molar-refractivity contribution in [3.8, 4) is 5.75 Å². The van der Waals surface area contributed by atoms with Crippen molar-refractivity contribution < 1.29 is 9.47 Å². The molecule has 5 heteroatoms. The molecule has 0 fully saturated rings. The van der Waals surface area contributed by atoms with Crippen molar-refractivity contribution in [1.29, 1.82) is 0 Å². The van der Waals surface area contributed by atoms with E-state index < -0.39 is 0 Å². The first-order valence-electron chi connectivity index (χ1n) is 7.35. The molecule has 1 aromatic rings. The Morgan fingerprint density at radius 1 is 1.20 bits per heavy atom. The monoisotopic (exact) mass is 281 g/mol. The van der Waals surface area contributed by atoms with Crippen LogP contribution in [0.5, 0.6) is 5.75 Å². The smallest absolute Gasteiger partial charge is 0.137 e. The van der Waals surface area contributed by atoms with E-state index in [-0.39, 0.29) is 11.6 Å². The number of ether oxygens (including phenoxy) is 2. The molecule has 0 aliphatic heterocycles. The summed E-state index contributed by atoms with van der Waals surface area (Å²) in [7, 11) is 0. The highest BCUT2D eigenvalue weighted by Gasteiger charge is 2.37. The fourth-order valence-corrected chi connectivity index (χ4v) is 2.62. The van der Waals surface area contributed by atoms with Crippen LogP contribution in [0.3, 0.4) is 0 Å². The molecule has 0 saturated heterocycles. The minimum absolute atomic E-state index is 0.120. The van der Waals surface area contributed by atoms with Gasteiger partial charge in [0, 0.05) is 12.8 Å². The van der Waals surface area contributed by atoms with Crippen molar-refractivity contribution in [1.82, 2.24) is 10.4 Å². The highest BCUT2D eigenvalue weighted by atomic mass is 16.5. The van der Waals surface area contributed by atoms with E-state index in [2.05, 4.69) is 24.3 Å². The van der Waals surface area contributed by atoms with Crippen LogP contribution >= 0.6 is 0 Å². The topological polar surface area (TPSA) is 69.4 Å². The number of pyridine rings is 1. The van der Waals surface area contributed by atoms with Gasteiger partial charge in [0.05, 0.1) is 24.4 Å². The molecule has 0 aliphatic rings. The molecule has 1 atom stereocenters. The molecule has 1 aromatic heterocycles. The van der Waals surface area contributed by atoms with Crippen LogP contribution in [0.1, 0.15) is 52.1 Å². The van der Waals surface area contributed by atoms with Gasteiger partial charge in [0.2, 0.25) is 0 Å². The van der Waals surface area contributed by atoms with Crippen LogP contribution in [0.4, 0.5) is 0 Å². The molecule has 1 unspecified atom stereocenters. The Kier molecular flexibility index (Phi) is 6.91. The Labute approximate surface area is 121 Å². The fraction of sp³-hybridized carbons (Fsp3) is 0.667. The van der Waals surface area contributed by atoms with Crippen molar-refractivity contribution in [2.45, 2.75) is 52.2 Å². The lowest BCUT2D eigenvalue weighted by molar-refractivity contribution is -0.0735. The van der Waals surface area contributed by atoms with Gasteiger partial charge in [-0.2, -0.15) is 0 Å². The molecule has 0 radical (unpaired) electrons. The van der Waals surface area contributed by atoms with Crippen molar-refractivity contribution in [2.75, 3.05) is 13.2 Å². The predicted octanol–water partition coefficient (Wildman–Crippen LogP) is 2.58. The first-order chi connectivity index (χ1) is 9.67. The molecule has 20 heavy (non-hydrogen) atoms. The molecule has 0 bridgehead atoms. The number of nitrogens with two attached hydrogens (primary N) is 1. The summed E-state index contributed by atoms with van der Waals surface area (Å²) in [6, 6.07) is 1.85. The van der Waals surface area contributed by atoms with Crippen LogP contribution in [0.15, 0.2) is 18.5 Å². The minimum Gasteiger partial charge on any atom is -0.492 e. The lowest BCUT2D eigenvalue weighted by Gasteiger charge is -2.39. The summed E-state index contributed by atoms with van der Waals surface area (Å²) < 4.78 is 11.5. The Bertz CT molecular complexity index is 394. The summed E-state index contributed by atoms with van der Waals surface area (Å²) in [6.45, 7) is 9.45. The number of rotatable bonds is 9. The summed E-state index contributed by atoms with van der Waals surface area (Å²) in [5.74, 6) is 6.55. The van der Waals surface area contributed by atoms with Crippen molar-refractivity contribution in [2.24, 2.45) is 5.84 Å². The van der Waals surface area contributed by atoms with Gasteiger partial charge in [-0.3, -0.25) is 16.3 Å². The second-order valence-electron chi connectivity index (χ2n) is 4.69. The van der Waals surface area contributed by atoms with E-state index in [0.29, 0.717) is 13.2 Å². The van der Waals surface area contributed by atoms with E-state index in [0.717, 1.165) is 24.2 Å². The molecule has 5 nitrogen and oxygen atoms in total. The van der Waals surface area contributed by atoms with Gasteiger partial charge in [0.1, 0.15) is 5.75 Å². The van der Waals surface area contributed by atoms with Gasteiger partial charge in [0.15, 0.2) is 0 Å². The zero-order chi connectivity index (χ0) is 15.0. The van der Waals surface area contributed by atoms with Gasteiger partial charge in [-0.1, -0.05) is 13.8 Å². The molecule has 0 aromatic carbocycles. The van der Waals surface area contributed by atoms with Gasteiger partial charge in [0.25, 0.3) is 0 Å². The average molecular weight is 281 g/mol. The van der Waals surface area contributed by atoms with Crippen LogP contribution in [0.2, 0.25) is 0 Å². The number of hydrogen-bond acceptors (Lipinski definition) is 5. The molecule has 0 amide bonds. The normalized spacial score (nSPS) is 13.2. The van der Waals surface area contributed by atoms with Crippen molar-refractivity contribution >= 4 is 0 Å². The summed E-state index contributed by atoms with van der Waals surface area (Å²) >= 11 is 0. The Balaban J connectivity index is 3.12. The van der Waals surface area contributed by atoms with Gasteiger partial charge in [-0.15, -0.1) is 0 Å². The van der Waals surface area contributed by atoms with Gasteiger partial charge in [-0.25, -0.2) is 0 Å². The molecule has 0 saturated carbocycles. The van der Waals surface area contributed by atoms with E-state index in [1.807, 2.05) is 26.1 Å². The van der Waals surface area contributed by atoms with E-state index in [9.17, 15) is 0 Å². The van der Waals surface area contributed by atoms with E-state index in [1.165, 1.54) is 0 Å². The maximum atomic E-state index is 6.02. The molecule has 0 spiro atoms. The zero-order valence-corrected chi connectivity index (χ0v) is 13.0. The van der Waals surface area contributed by atoms with Crippen LogP contribution in [-0.2, 0) is 4.74 Å². The molecular formula is C15H27N3O2. The zero-order valence-electron chi connectivity index (χ0n) is 13.0. The third kappa shape index (κ3) is 3.69. The quantitative estimate of drug-likeness (QED) is 0.538. The van der Waals surface area contributed by atoms with Crippen LogP contribution in [0.25, 0.3) is 0 Å². The first-order valence-corrected chi connectivity index (χ1v) is 7.35. The Morgan fingerprint density at radius 2 is 1.90 bits per heavy atom. The highest BCUT2D eigenvalue weighted by molar-refractivity contribution is 5.28. The number of hydrazine groups is 1. The number of aromatic nitrogens is 1. The average Bonchev–Trinajstić information content (AvgIpc) is 2.48. The van der Waals surface area contributed by atoms with Gasteiger partial charge >= 0.3 is 0 Å². The van der Waals surface area contributed by atoms with Crippen LogP contribution in [-0.4, -0.2) is 23.8 Å². The lowest BCUT2D eigenvalue weighted by Crippen LogP contribution is -2.48. The summed E-state index contributed by atoms with van der Waals surface area (Å²) in [6.07, 6.45) is 5.25. The van der Waals surface area contributed by atoms with Crippen molar-refractivity contribution in [3.05, 3.63) is 24.0 Å². The van der Waals surface area contributed by atoms with Gasteiger partial charge < -0.3 is 9.47 Å². The largest absolute Gasteiger partial charge is 0.492 e. The highest BCUT2D eigenvalue weighted by Crippen LogP contribution is 2.35. The minimum atomic E-state index is -0.337. The molecule has 114 valence electrons. The van der Waals surface area contributed by atoms with Crippen molar-refractivity contribution in [3.63, 3.8) is 0 Å². The standard InChI is InChI=1S/C15H27N3O2/c1-5-15(6-2,20-8-4)14(18-16)12-9-13(19-7-3)11-17-10-12/h9-11,14,18H,5-8,16H2,1-4H3. The second-order valence-corrected chi connectivity index (χ2v) is 4.69. The summed E-state index contributed by atoms with van der Waals surface area (Å²) in [4.78, 5) is 4.24. The maximum absolute atomic E-state index is 6.02. The second kappa shape index (κ2) is 8.19. The van der Waals surface area contributed by atoms with Crippen LogP contribution in [0, 0.1) is 0 Å². The third-order valence-electron chi connectivity index (χ3n) is 3.70. The Morgan fingerprint density at radius 3 is 2.40 bits per heavy atom. The van der Waals surface area contributed by atoms with E-state index >= 15 is 0 Å².